The van der Waals surface area contributed by atoms with Gasteiger partial charge in [0.25, 0.3) is 0 Å². The Morgan fingerprint density at radius 1 is 1.32 bits per heavy atom. The Kier molecular flexibility index (Phi) is 4.48. The molecule has 1 aliphatic rings. The van der Waals surface area contributed by atoms with E-state index in [2.05, 4.69) is 55.3 Å². The van der Waals surface area contributed by atoms with Gasteiger partial charge in [-0.1, -0.05) is 18.2 Å². The Morgan fingerprint density at radius 3 is 2.68 bits per heavy atom. The molecule has 0 aliphatic carbocycles. The van der Waals surface area contributed by atoms with Crippen molar-refractivity contribution in [2.75, 3.05) is 25.1 Å². The molecule has 1 N–H and O–H groups in total. The van der Waals surface area contributed by atoms with Crippen molar-refractivity contribution in [1.29, 1.82) is 0 Å². The van der Waals surface area contributed by atoms with E-state index in [1.54, 1.807) is 7.11 Å². The highest BCUT2D eigenvalue weighted by molar-refractivity contribution is 5.54. The van der Waals surface area contributed by atoms with Crippen molar-refractivity contribution in [1.82, 2.24) is 5.32 Å². The smallest absolute Gasteiger partial charge is 0.0762 e. The molecule has 1 unspecified atom stereocenters. The summed E-state index contributed by atoms with van der Waals surface area (Å²) in [5.41, 5.74) is 2.86. The highest BCUT2D eigenvalue weighted by atomic mass is 16.5. The predicted molar refractivity (Wildman–Crippen MR) is 80.7 cm³/mol. The number of ether oxygens (including phenoxy) is 1. The number of rotatable bonds is 4. The van der Waals surface area contributed by atoms with Gasteiger partial charge in [0.2, 0.25) is 0 Å². The molecular formula is C16H26N2O. The molecule has 1 aliphatic heterocycles. The fourth-order valence-corrected chi connectivity index (χ4v) is 2.47. The van der Waals surface area contributed by atoms with Crippen LogP contribution in [0.15, 0.2) is 24.3 Å². The van der Waals surface area contributed by atoms with Gasteiger partial charge in [0.05, 0.1) is 6.10 Å². The molecule has 0 aromatic heterocycles. The Labute approximate surface area is 116 Å². The summed E-state index contributed by atoms with van der Waals surface area (Å²) in [5, 5.41) is 3.57. The van der Waals surface area contributed by atoms with E-state index >= 15 is 0 Å². The summed E-state index contributed by atoms with van der Waals surface area (Å²) in [6, 6.07) is 8.68. The zero-order valence-electron chi connectivity index (χ0n) is 12.6. The maximum absolute atomic E-state index is 5.46. The molecule has 1 heterocycles. The van der Waals surface area contributed by atoms with Gasteiger partial charge in [-0.25, -0.2) is 0 Å². The second-order valence-corrected chi connectivity index (χ2v) is 6.32. The minimum Gasteiger partial charge on any atom is -0.380 e. The van der Waals surface area contributed by atoms with Crippen LogP contribution in [0.4, 0.5) is 5.69 Å². The Balaban J connectivity index is 2.08. The van der Waals surface area contributed by atoms with Crippen LogP contribution in [0.25, 0.3) is 0 Å². The molecule has 3 heteroatoms. The first-order valence-corrected chi connectivity index (χ1v) is 7.10. The van der Waals surface area contributed by atoms with Crippen molar-refractivity contribution in [3.63, 3.8) is 0 Å². The number of methoxy groups -OCH3 is 1. The molecule has 1 aromatic carbocycles. The minimum atomic E-state index is 0.146. The van der Waals surface area contributed by atoms with E-state index < -0.39 is 0 Å². The highest BCUT2D eigenvalue weighted by Gasteiger charge is 2.23. The van der Waals surface area contributed by atoms with Crippen LogP contribution in [0.5, 0.6) is 0 Å². The molecule has 1 atom stereocenters. The normalized spacial score (nSPS) is 20.0. The van der Waals surface area contributed by atoms with Crippen LogP contribution < -0.4 is 10.2 Å². The lowest BCUT2D eigenvalue weighted by molar-refractivity contribution is 0.121. The SMILES string of the molecule is COC1CCN(c2ccccc2CNC(C)(C)C)C1. The number of hydrogen-bond acceptors (Lipinski definition) is 3. The number of benzene rings is 1. The number of anilines is 1. The molecule has 19 heavy (non-hydrogen) atoms. The fourth-order valence-electron chi connectivity index (χ4n) is 2.47. The van der Waals surface area contributed by atoms with Crippen LogP contribution in [0, 0.1) is 0 Å². The van der Waals surface area contributed by atoms with Crippen molar-refractivity contribution >= 4 is 5.69 Å². The third-order valence-corrected chi connectivity index (χ3v) is 3.62. The largest absolute Gasteiger partial charge is 0.380 e. The van der Waals surface area contributed by atoms with Crippen LogP contribution in [0.2, 0.25) is 0 Å². The van der Waals surface area contributed by atoms with Gasteiger partial charge < -0.3 is 15.0 Å². The van der Waals surface area contributed by atoms with Crippen molar-refractivity contribution in [2.45, 2.75) is 45.4 Å². The van der Waals surface area contributed by atoms with Gasteiger partial charge >= 0.3 is 0 Å². The molecule has 2 rings (SSSR count). The first-order chi connectivity index (χ1) is 8.99. The molecule has 1 fully saturated rings. The first kappa shape index (κ1) is 14.4. The quantitative estimate of drug-likeness (QED) is 0.903. The third kappa shape index (κ3) is 3.95. The van der Waals surface area contributed by atoms with Crippen molar-refractivity contribution < 1.29 is 4.74 Å². The number of para-hydroxylation sites is 1. The van der Waals surface area contributed by atoms with Crippen molar-refractivity contribution in [3.8, 4) is 0 Å². The third-order valence-electron chi connectivity index (χ3n) is 3.62. The second kappa shape index (κ2) is 5.93. The van der Waals surface area contributed by atoms with E-state index in [1.807, 2.05) is 0 Å². The monoisotopic (exact) mass is 262 g/mol. The van der Waals surface area contributed by atoms with Gasteiger partial charge in [0.15, 0.2) is 0 Å². The average Bonchev–Trinajstić information content (AvgIpc) is 2.84. The predicted octanol–water partition coefficient (Wildman–Crippen LogP) is 2.80. The summed E-state index contributed by atoms with van der Waals surface area (Å²) >= 11 is 0. The van der Waals surface area contributed by atoms with Gasteiger partial charge in [-0.2, -0.15) is 0 Å². The lowest BCUT2D eigenvalue weighted by Crippen LogP contribution is -2.35. The van der Waals surface area contributed by atoms with Crippen LogP contribution in [-0.2, 0) is 11.3 Å². The Morgan fingerprint density at radius 2 is 2.05 bits per heavy atom. The van der Waals surface area contributed by atoms with Gasteiger partial charge in [0.1, 0.15) is 0 Å². The van der Waals surface area contributed by atoms with Crippen LogP contribution in [-0.4, -0.2) is 31.8 Å². The molecule has 0 spiro atoms. The molecular weight excluding hydrogens is 236 g/mol. The van der Waals surface area contributed by atoms with Gasteiger partial charge in [0, 0.05) is 38.0 Å². The van der Waals surface area contributed by atoms with Gasteiger partial charge in [-0.3, -0.25) is 0 Å². The molecule has 0 radical (unpaired) electrons. The molecule has 106 valence electrons. The molecule has 0 amide bonds. The summed E-state index contributed by atoms with van der Waals surface area (Å²) in [7, 11) is 1.81. The lowest BCUT2D eigenvalue weighted by Gasteiger charge is -2.25. The molecule has 1 aromatic rings. The zero-order chi connectivity index (χ0) is 13.9. The van der Waals surface area contributed by atoms with Crippen molar-refractivity contribution in [2.24, 2.45) is 0 Å². The molecule has 1 saturated heterocycles. The molecule has 0 saturated carbocycles. The number of hydrogen-bond donors (Lipinski definition) is 1. The van der Waals surface area contributed by atoms with E-state index in [9.17, 15) is 0 Å². The topological polar surface area (TPSA) is 24.5 Å². The highest BCUT2D eigenvalue weighted by Crippen LogP contribution is 2.25. The Bertz CT molecular complexity index is 411. The number of nitrogens with zero attached hydrogens (tertiary/aromatic N) is 1. The van der Waals surface area contributed by atoms with Crippen LogP contribution in [0.3, 0.4) is 0 Å². The average molecular weight is 262 g/mol. The summed E-state index contributed by atoms with van der Waals surface area (Å²) in [5.74, 6) is 0. The van der Waals surface area contributed by atoms with Gasteiger partial charge in [-0.15, -0.1) is 0 Å². The summed E-state index contributed by atoms with van der Waals surface area (Å²) in [6.07, 6.45) is 1.50. The zero-order valence-corrected chi connectivity index (χ0v) is 12.6. The molecule has 0 bridgehead atoms. The standard InChI is InChI=1S/C16H26N2O/c1-16(2,3)17-11-13-7-5-6-8-15(13)18-10-9-14(12-18)19-4/h5-8,14,17H,9-12H2,1-4H3. The molecule has 3 nitrogen and oxygen atoms in total. The first-order valence-electron chi connectivity index (χ1n) is 7.10. The summed E-state index contributed by atoms with van der Waals surface area (Å²) < 4.78 is 5.46. The fraction of sp³-hybridized carbons (Fsp3) is 0.625. The van der Waals surface area contributed by atoms with Crippen molar-refractivity contribution in [3.05, 3.63) is 29.8 Å². The minimum absolute atomic E-state index is 0.146. The van der Waals surface area contributed by atoms with E-state index in [0.717, 1.165) is 26.1 Å². The van der Waals surface area contributed by atoms with E-state index in [0.29, 0.717) is 6.10 Å². The van der Waals surface area contributed by atoms with Gasteiger partial charge in [-0.05, 0) is 38.8 Å². The maximum atomic E-state index is 5.46. The van der Waals surface area contributed by atoms with Crippen LogP contribution >= 0.6 is 0 Å². The van der Waals surface area contributed by atoms with E-state index in [4.69, 9.17) is 4.74 Å². The Hall–Kier alpha value is -1.06. The second-order valence-electron chi connectivity index (χ2n) is 6.32. The van der Waals surface area contributed by atoms with Crippen LogP contribution in [0.1, 0.15) is 32.8 Å². The van der Waals surface area contributed by atoms with E-state index in [1.165, 1.54) is 11.3 Å². The maximum Gasteiger partial charge on any atom is 0.0762 e. The van der Waals surface area contributed by atoms with E-state index in [-0.39, 0.29) is 5.54 Å². The summed E-state index contributed by atoms with van der Waals surface area (Å²) in [4.78, 5) is 2.44. The lowest BCUT2D eigenvalue weighted by atomic mass is 10.1. The number of nitrogens with one attached hydrogen (secondary N) is 1. The summed E-state index contributed by atoms with van der Waals surface area (Å²) in [6.45, 7) is 9.60.